The Hall–Kier alpha value is -2.04. The van der Waals surface area contributed by atoms with Gasteiger partial charge in [0.15, 0.2) is 0 Å². The maximum atomic E-state index is 11.3. The standard InChI is InChI=1S/C12H15N3O2/c1-12(2,3)15(11(16)17)9-4-5-10-8(6-9)7-13-14-10/h4-7H,1-3H3,(H,13,14)(H,16,17). The molecule has 0 atom stereocenters. The van der Waals surface area contributed by atoms with Crippen LogP contribution < -0.4 is 4.90 Å². The van der Waals surface area contributed by atoms with E-state index in [0.717, 1.165) is 10.9 Å². The molecule has 0 saturated carbocycles. The molecule has 0 fully saturated rings. The Morgan fingerprint density at radius 1 is 1.41 bits per heavy atom. The van der Waals surface area contributed by atoms with E-state index in [0.29, 0.717) is 5.69 Å². The highest BCUT2D eigenvalue weighted by Crippen LogP contribution is 2.26. The van der Waals surface area contributed by atoms with Gasteiger partial charge in [0.05, 0.1) is 11.7 Å². The number of carbonyl (C=O) groups is 1. The van der Waals surface area contributed by atoms with Crippen molar-refractivity contribution in [2.45, 2.75) is 26.3 Å². The van der Waals surface area contributed by atoms with Crippen LogP contribution in [-0.4, -0.2) is 26.9 Å². The number of rotatable bonds is 1. The fourth-order valence-electron chi connectivity index (χ4n) is 1.85. The fraction of sp³-hybridized carbons (Fsp3) is 0.333. The molecule has 0 saturated heterocycles. The number of nitrogens with zero attached hydrogens (tertiary/aromatic N) is 2. The van der Waals surface area contributed by atoms with Crippen LogP contribution in [0.4, 0.5) is 10.5 Å². The Morgan fingerprint density at radius 2 is 2.12 bits per heavy atom. The van der Waals surface area contributed by atoms with E-state index in [1.807, 2.05) is 32.9 Å². The van der Waals surface area contributed by atoms with E-state index in [1.165, 1.54) is 4.90 Å². The molecular formula is C12H15N3O2. The minimum Gasteiger partial charge on any atom is -0.465 e. The first-order valence-corrected chi connectivity index (χ1v) is 5.36. The summed E-state index contributed by atoms with van der Waals surface area (Å²) in [4.78, 5) is 12.7. The minimum absolute atomic E-state index is 0.483. The molecule has 0 aliphatic rings. The molecule has 2 N–H and O–H groups in total. The van der Waals surface area contributed by atoms with Gasteiger partial charge in [0.2, 0.25) is 0 Å². The SMILES string of the molecule is CC(C)(C)N(C(=O)O)c1ccc2[nH]ncc2c1. The van der Waals surface area contributed by atoms with Crippen molar-refractivity contribution in [3.63, 3.8) is 0 Å². The maximum absolute atomic E-state index is 11.3. The van der Waals surface area contributed by atoms with E-state index in [4.69, 9.17) is 0 Å². The summed E-state index contributed by atoms with van der Waals surface area (Å²) in [7, 11) is 0. The molecule has 5 nitrogen and oxygen atoms in total. The highest BCUT2D eigenvalue weighted by molar-refractivity contribution is 5.91. The number of nitrogens with one attached hydrogen (secondary N) is 1. The number of H-pyrrole nitrogens is 1. The lowest BCUT2D eigenvalue weighted by Gasteiger charge is -2.33. The molecule has 0 unspecified atom stereocenters. The van der Waals surface area contributed by atoms with Crippen LogP contribution in [0.1, 0.15) is 20.8 Å². The molecule has 2 aromatic rings. The predicted octanol–water partition coefficient (Wildman–Crippen LogP) is 2.85. The molecule has 1 heterocycles. The zero-order chi connectivity index (χ0) is 12.6. The van der Waals surface area contributed by atoms with Crippen LogP contribution in [-0.2, 0) is 0 Å². The number of hydrogen-bond acceptors (Lipinski definition) is 2. The van der Waals surface area contributed by atoms with Gasteiger partial charge in [-0.15, -0.1) is 0 Å². The summed E-state index contributed by atoms with van der Waals surface area (Å²) in [6, 6.07) is 5.43. The molecular weight excluding hydrogens is 218 g/mol. The number of aromatic amines is 1. The lowest BCUT2D eigenvalue weighted by molar-refractivity contribution is 0.195. The molecule has 1 amide bonds. The van der Waals surface area contributed by atoms with Crippen LogP contribution in [0.25, 0.3) is 10.9 Å². The van der Waals surface area contributed by atoms with E-state index < -0.39 is 11.6 Å². The summed E-state index contributed by atoms with van der Waals surface area (Å²) >= 11 is 0. The number of anilines is 1. The van der Waals surface area contributed by atoms with Gasteiger partial charge in [-0.3, -0.25) is 10.00 Å². The molecule has 0 aliphatic carbocycles. The summed E-state index contributed by atoms with van der Waals surface area (Å²) in [5.74, 6) is 0. The number of hydrogen-bond donors (Lipinski definition) is 2. The van der Waals surface area contributed by atoms with Gasteiger partial charge in [-0.05, 0) is 39.0 Å². The second kappa shape index (κ2) is 3.76. The Balaban J connectivity index is 2.52. The third kappa shape index (κ3) is 2.08. The van der Waals surface area contributed by atoms with Gasteiger partial charge in [-0.25, -0.2) is 4.79 Å². The average molecular weight is 233 g/mol. The molecule has 1 aromatic heterocycles. The molecule has 5 heteroatoms. The lowest BCUT2D eigenvalue weighted by Crippen LogP contribution is -2.45. The largest absolute Gasteiger partial charge is 0.465 e. The summed E-state index contributed by atoms with van der Waals surface area (Å²) in [5, 5.41) is 16.9. The molecule has 0 bridgehead atoms. The number of fused-ring (bicyclic) bond motifs is 1. The third-order valence-corrected chi connectivity index (χ3v) is 2.54. The highest BCUT2D eigenvalue weighted by atomic mass is 16.4. The van der Waals surface area contributed by atoms with Gasteiger partial charge in [0.1, 0.15) is 0 Å². The van der Waals surface area contributed by atoms with Crippen molar-refractivity contribution >= 4 is 22.7 Å². The van der Waals surface area contributed by atoms with Crippen molar-refractivity contribution in [3.8, 4) is 0 Å². The van der Waals surface area contributed by atoms with E-state index in [-0.39, 0.29) is 0 Å². The van der Waals surface area contributed by atoms with Crippen LogP contribution >= 0.6 is 0 Å². The van der Waals surface area contributed by atoms with E-state index in [1.54, 1.807) is 12.3 Å². The van der Waals surface area contributed by atoms with Crippen molar-refractivity contribution in [2.24, 2.45) is 0 Å². The number of aromatic nitrogens is 2. The number of carboxylic acid groups (broad SMARTS) is 1. The monoisotopic (exact) mass is 233 g/mol. The van der Waals surface area contributed by atoms with Crippen molar-refractivity contribution < 1.29 is 9.90 Å². The van der Waals surface area contributed by atoms with Crippen LogP contribution in [0, 0.1) is 0 Å². The van der Waals surface area contributed by atoms with E-state index in [2.05, 4.69) is 10.2 Å². The van der Waals surface area contributed by atoms with Crippen LogP contribution in [0.5, 0.6) is 0 Å². The number of benzene rings is 1. The van der Waals surface area contributed by atoms with Crippen LogP contribution in [0.15, 0.2) is 24.4 Å². The van der Waals surface area contributed by atoms with Crippen molar-refractivity contribution in [1.29, 1.82) is 0 Å². The predicted molar refractivity (Wildman–Crippen MR) is 66.4 cm³/mol. The Kier molecular flexibility index (Phi) is 2.53. The second-order valence-corrected chi connectivity index (χ2v) is 4.93. The van der Waals surface area contributed by atoms with Gasteiger partial charge in [-0.1, -0.05) is 0 Å². The maximum Gasteiger partial charge on any atom is 0.412 e. The summed E-state index contributed by atoms with van der Waals surface area (Å²) < 4.78 is 0. The van der Waals surface area contributed by atoms with Crippen molar-refractivity contribution in [2.75, 3.05) is 4.90 Å². The molecule has 1 aromatic carbocycles. The van der Waals surface area contributed by atoms with Crippen LogP contribution in [0.2, 0.25) is 0 Å². The molecule has 90 valence electrons. The topological polar surface area (TPSA) is 69.2 Å². The number of amides is 1. The van der Waals surface area contributed by atoms with Gasteiger partial charge in [0, 0.05) is 16.6 Å². The first kappa shape index (κ1) is 11.4. The normalized spacial score (nSPS) is 11.7. The van der Waals surface area contributed by atoms with E-state index in [9.17, 15) is 9.90 Å². The zero-order valence-corrected chi connectivity index (χ0v) is 10.1. The zero-order valence-electron chi connectivity index (χ0n) is 10.1. The quantitative estimate of drug-likeness (QED) is 0.795. The molecule has 17 heavy (non-hydrogen) atoms. The summed E-state index contributed by atoms with van der Waals surface area (Å²) in [6.45, 7) is 5.59. The first-order valence-electron chi connectivity index (χ1n) is 5.36. The first-order chi connectivity index (χ1) is 7.89. The van der Waals surface area contributed by atoms with Gasteiger partial charge in [0.25, 0.3) is 0 Å². The molecule has 0 spiro atoms. The Morgan fingerprint density at radius 3 is 2.71 bits per heavy atom. The Labute approximate surface area is 99.1 Å². The molecule has 0 aliphatic heterocycles. The Bertz CT molecular complexity index is 554. The summed E-state index contributed by atoms with van der Waals surface area (Å²) in [5.41, 5.74) is 1.07. The van der Waals surface area contributed by atoms with Crippen molar-refractivity contribution in [1.82, 2.24) is 10.2 Å². The van der Waals surface area contributed by atoms with E-state index >= 15 is 0 Å². The summed E-state index contributed by atoms with van der Waals surface area (Å²) in [6.07, 6.45) is 0.724. The average Bonchev–Trinajstić information content (AvgIpc) is 2.61. The third-order valence-electron chi connectivity index (χ3n) is 2.54. The lowest BCUT2D eigenvalue weighted by atomic mass is 10.1. The van der Waals surface area contributed by atoms with Crippen LogP contribution in [0.3, 0.4) is 0 Å². The van der Waals surface area contributed by atoms with Gasteiger partial charge in [-0.2, -0.15) is 5.10 Å². The van der Waals surface area contributed by atoms with Gasteiger partial charge >= 0.3 is 6.09 Å². The smallest absolute Gasteiger partial charge is 0.412 e. The minimum atomic E-state index is -0.958. The molecule has 2 rings (SSSR count). The fourth-order valence-corrected chi connectivity index (χ4v) is 1.85. The van der Waals surface area contributed by atoms with Gasteiger partial charge < -0.3 is 5.11 Å². The highest BCUT2D eigenvalue weighted by Gasteiger charge is 2.27. The van der Waals surface area contributed by atoms with Crippen molar-refractivity contribution in [3.05, 3.63) is 24.4 Å². The molecule has 0 radical (unpaired) electrons. The second-order valence-electron chi connectivity index (χ2n) is 4.93.